The van der Waals surface area contributed by atoms with Crippen LogP contribution in [0.15, 0.2) is 24.3 Å². The number of anilines is 1. The Balaban J connectivity index is 2.06. The quantitative estimate of drug-likeness (QED) is 0.830. The van der Waals surface area contributed by atoms with Crippen LogP contribution in [-0.2, 0) is 4.74 Å². The van der Waals surface area contributed by atoms with E-state index in [2.05, 4.69) is 0 Å². The molecule has 1 unspecified atom stereocenters. The van der Waals surface area contributed by atoms with Crippen LogP contribution in [0.25, 0.3) is 0 Å². The highest BCUT2D eigenvalue weighted by Gasteiger charge is 2.26. The van der Waals surface area contributed by atoms with Crippen LogP contribution in [0, 0.1) is 5.92 Å². The van der Waals surface area contributed by atoms with Crippen LogP contribution in [0.1, 0.15) is 16.8 Å². The van der Waals surface area contributed by atoms with Gasteiger partial charge in [-0.2, -0.15) is 0 Å². The number of hydrogen-bond acceptors (Lipinski definition) is 3. The van der Waals surface area contributed by atoms with Crippen molar-refractivity contribution in [1.82, 2.24) is 4.90 Å². The van der Waals surface area contributed by atoms with Gasteiger partial charge in [0.1, 0.15) is 0 Å². The Morgan fingerprint density at radius 3 is 2.95 bits per heavy atom. The van der Waals surface area contributed by atoms with Crippen molar-refractivity contribution in [2.24, 2.45) is 5.92 Å². The Morgan fingerprint density at radius 2 is 2.26 bits per heavy atom. The summed E-state index contributed by atoms with van der Waals surface area (Å²) in [6, 6.07) is 7.78. The van der Waals surface area contributed by atoms with E-state index in [0.29, 0.717) is 5.92 Å². The molecule has 0 spiro atoms. The highest BCUT2D eigenvalue weighted by molar-refractivity contribution is 5.95. The highest BCUT2D eigenvalue weighted by Crippen LogP contribution is 2.21. The second-order valence-electron chi connectivity index (χ2n) is 5.31. The summed E-state index contributed by atoms with van der Waals surface area (Å²) < 4.78 is 5.17. The number of hydrogen-bond donors (Lipinski definition) is 0. The van der Waals surface area contributed by atoms with Crippen LogP contribution in [0.2, 0.25) is 0 Å². The molecule has 0 radical (unpaired) electrons. The number of rotatable bonds is 4. The van der Waals surface area contributed by atoms with Crippen molar-refractivity contribution in [2.45, 2.75) is 6.42 Å². The molecule has 4 nitrogen and oxygen atoms in total. The van der Waals surface area contributed by atoms with Crippen LogP contribution < -0.4 is 4.90 Å². The predicted octanol–water partition coefficient (Wildman–Crippen LogP) is 1.86. The first-order chi connectivity index (χ1) is 9.11. The molecule has 1 aromatic rings. The van der Waals surface area contributed by atoms with Crippen molar-refractivity contribution < 1.29 is 9.53 Å². The molecular formula is C15H22N2O2. The Hall–Kier alpha value is -1.55. The standard InChI is InChI=1S/C15H22N2O2/c1-16(2)14-6-4-5-13(9-14)15(18)17-8-7-12(10-17)11-19-3/h4-6,9,12H,7-8,10-11H2,1-3H3. The summed E-state index contributed by atoms with van der Waals surface area (Å²) in [5, 5.41) is 0. The number of nitrogens with zero attached hydrogens (tertiary/aromatic N) is 2. The smallest absolute Gasteiger partial charge is 0.253 e. The molecule has 104 valence electrons. The van der Waals surface area contributed by atoms with Gasteiger partial charge in [-0.1, -0.05) is 6.07 Å². The van der Waals surface area contributed by atoms with E-state index in [1.165, 1.54) is 0 Å². The van der Waals surface area contributed by atoms with Gasteiger partial charge in [-0.3, -0.25) is 4.79 Å². The fourth-order valence-corrected chi connectivity index (χ4v) is 2.49. The van der Waals surface area contributed by atoms with E-state index >= 15 is 0 Å². The lowest BCUT2D eigenvalue weighted by Crippen LogP contribution is -2.29. The Morgan fingerprint density at radius 1 is 1.47 bits per heavy atom. The lowest BCUT2D eigenvalue weighted by Gasteiger charge is -2.18. The minimum atomic E-state index is 0.127. The molecule has 1 amide bonds. The van der Waals surface area contributed by atoms with Crippen molar-refractivity contribution >= 4 is 11.6 Å². The van der Waals surface area contributed by atoms with Crippen LogP contribution in [0.4, 0.5) is 5.69 Å². The normalized spacial score (nSPS) is 18.7. The molecular weight excluding hydrogens is 240 g/mol. The fraction of sp³-hybridized carbons (Fsp3) is 0.533. The van der Waals surface area contributed by atoms with E-state index in [1.807, 2.05) is 48.2 Å². The highest BCUT2D eigenvalue weighted by atomic mass is 16.5. The zero-order chi connectivity index (χ0) is 13.8. The molecule has 1 aromatic carbocycles. The summed E-state index contributed by atoms with van der Waals surface area (Å²) in [4.78, 5) is 16.4. The van der Waals surface area contributed by atoms with Gasteiger partial charge in [0.15, 0.2) is 0 Å². The number of methoxy groups -OCH3 is 1. The molecule has 19 heavy (non-hydrogen) atoms. The molecule has 1 atom stereocenters. The molecule has 0 saturated carbocycles. The average molecular weight is 262 g/mol. The van der Waals surface area contributed by atoms with E-state index in [0.717, 1.165) is 37.4 Å². The number of ether oxygens (including phenoxy) is 1. The first-order valence-corrected chi connectivity index (χ1v) is 6.67. The van der Waals surface area contributed by atoms with Crippen LogP contribution >= 0.6 is 0 Å². The Kier molecular flexibility index (Phi) is 4.43. The minimum absolute atomic E-state index is 0.127. The largest absolute Gasteiger partial charge is 0.384 e. The van der Waals surface area contributed by atoms with Crippen LogP contribution in [0.3, 0.4) is 0 Å². The van der Waals surface area contributed by atoms with Gasteiger partial charge in [0, 0.05) is 51.5 Å². The van der Waals surface area contributed by atoms with Gasteiger partial charge in [0.25, 0.3) is 5.91 Å². The molecule has 0 N–H and O–H groups in total. The number of likely N-dealkylation sites (tertiary alicyclic amines) is 1. The molecule has 1 fully saturated rings. The summed E-state index contributed by atoms with van der Waals surface area (Å²) in [7, 11) is 5.67. The van der Waals surface area contributed by atoms with Crippen molar-refractivity contribution in [2.75, 3.05) is 45.8 Å². The van der Waals surface area contributed by atoms with E-state index in [4.69, 9.17) is 4.74 Å². The van der Waals surface area contributed by atoms with Crippen LogP contribution in [0.5, 0.6) is 0 Å². The Labute approximate surface area is 115 Å². The minimum Gasteiger partial charge on any atom is -0.384 e. The summed E-state index contributed by atoms with van der Waals surface area (Å²) >= 11 is 0. The van der Waals surface area contributed by atoms with Crippen molar-refractivity contribution in [3.63, 3.8) is 0 Å². The van der Waals surface area contributed by atoms with Crippen molar-refractivity contribution in [3.8, 4) is 0 Å². The van der Waals surface area contributed by atoms with Crippen LogP contribution in [-0.4, -0.2) is 51.7 Å². The summed E-state index contributed by atoms with van der Waals surface area (Å²) in [5.41, 5.74) is 1.82. The maximum atomic E-state index is 12.4. The summed E-state index contributed by atoms with van der Waals surface area (Å²) in [6.07, 6.45) is 1.03. The fourth-order valence-electron chi connectivity index (χ4n) is 2.49. The van der Waals surface area contributed by atoms with Gasteiger partial charge >= 0.3 is 0 Å². The number of carbonyl (C=O) groups excluding carboxylic acids is 1. The molecule has 0 bridgehead atoms. The molecule has 0 aromatic heterocycles. The maximum Gasteiger partial charge on any atom is 0.253 e. The molecule has 1 saturated heterocycles. The number of amides is 1. The lowest BCUT2D eigenvalue weighted by atomic mass is 10.1. The monoisotopic (exact) mass is 262 g/mol. The third-order valence-corrected chi connectivity index (χ3v) is 3.58. The van der Waals surface area contributed by atoms with E-state index in [-0.39, 0.29) is 5.91 Å². The second-order valence-corrected chi connectivity index (χ2v) is 5.31. The second kappa shape index (κ2) is 6.06. The van der Waals surface area contributed by atoms with Gasteiger partial charge in [-0.05, 0) is 24.6 Å². The zero-order valence-electron chi connectivity index (χ0n) is 11.9. The summed E-state index contributed by atoms with van der Waals surface area (Å²) in [5.74, 6) is 0.605. The zero-order valence-corrected chi connectivity index (χ0v) is 11.9. The lowest BCUT2D eigenvalue weighted by molar-refractivity contribution is 0.0775. The van der Waals surface area contributed by atoms with Gasteiger partial charge in [0.05, 0.1) is 6.61 Å². The molecule has 1 heterocycles. The SMILES string of the molecule is COCC1CCN(C(=O)c2cccc(N(C)C)c2)C1. The number of benzene rings is 1. The average Bonchev–Trinajstić information content (AvgIpc) is 2.87. The topological polar surface area (TPSA) is 32.8 Å². The van der Waals surface area contributed by atoms with Gasteiger partial charge in [-0.25, -0.2) is 0 Å². The van der Waals surface area contributed by atoms with E-state index < -0.39 is 0 Å². The first kappa shape index (κ1) is 13.9. The molecule has 1 aliphatic rings. The molecule has 1 aliphatic heterocycles. The Bertz CT molecular complexity index is 446. The third kappa shape index (κ3) is 3.26. The number of carbonyl (C=O) groups is 1. The van der Waals surface area contributed by atoms with Gasteiger partial charge in [-0.15, -0.1) is 0 Å². The summed E-state index contributed by atoms with van der Waals surface area (Å²) in [6.45, 7) is 2.37. The van der Waals surface area contributed by atoms with E-state index in [9.17, 15) is 4.79 Å². The van der Waals surface area contributed by atoms with Gasteiger partial charge in [0.2, 0.25) is 0 Å². The molecule has 0 aliphatic carbocycles. The van der Waals surface area contributed by atoms with Crippen molar-refractivity contribution in [1.29, 1.82) is 0 Å². The molecule has 4 heteroatoms. The third-order valence-electron chi connectivity index (χ3n) is 3.58. The van der Waals surface area contributed by atoms with Gasteiger partial charge < -0.3 is 14.5 Å². The maximum absolute atomic E-state index is 12.4. The first-order valence-electron chi connectivity index (χ1n) is 6.67. The van der Waals surface area contributed by atoms with Crippen molar-refractivity contribution in [3.05, 3.63) is 29.8 Å². The van der Waals surface area contributed by atoms with E-state index in [1.54, 1.807) is 7.11 Å². The predicted molar refractivity (Wildman–Crippen MR) is 76.7 cm³/mol. The molecule has 2 rings (SSSR count).